The molecule has 0 spiro atoms. The van der Waals surface area contributed by atoms with E-state index in [-0.39, 0.29) is 34.0 Å². The van der Waals surface area contributed by atoms with Crippen molar-refractivity contribution in [2.45, 2.75) is 0 Å². The van der Waals surface area contributed by atoms with E-state index < -0.39 is 17.5 Å². The second-order valence-electron chi connectivity index (χ2n) is 8.72. The zero-order valence-corrected chi connectivity index (χ0v) is 21.8. The summed E-state index contributed by atoms with van der Waals surface area (Å²) in [5.74, 6) is -1.58. The molecule has 0 amide bonds. The minimum absolute atomic E-state index is 0.180. The van der Waals surface area contributed by atoms with Gasteiger partial charge < -0.3 is 19.0 Å². The van der Waals surface area contributed by atoms with Gasteiger partial charge in [-0.25, -0.2) is 14.6 Å². The number of furan rings is 2. The zero-order chi connectivity index (χ0) is 28.0. The summed E-state index contributed by atoms with van der Waals surface area (Å²) in [6.45, 7) is 0. The van der Waals surface area contributed by atoms with E-state index in [0.717, 1.165) is 20.6 Å². The Morgan fingerprint density at radius 2 is 1.62 bits per heavy atom. The minimum atomic E-state index is -1.27. The fourth-order valence-corrected chi connectivity index (χ4v) is 4.60. The highest BCUT2D eigenvalue weighted by Crippen LogP contribution is 2.29. The number of para-hydroxylation sites is 1. The lowest BCUT2D eigenvalue weighted by Crippen LogP contribution is -2.20. The number of rotatable bonds is 6. The number of nitrogens with zero attached hydrogens (tertiary/aromatic N) is 3. The number of benzene rings is 3. The van der Waals surface area contributed by atoms with Gasteiger partial charge in [0.05, 0.1) is 28.2 Å². The molecule has 0 unspecified atom stereocenters. The van der Waals surface area contributed by atoms with Gasteiger partial charge in [-0.1, -0.05) is 28.1 Å². The fraction of sp³-hybridized carbons (Fsp3) is 0. The molecule has 0 aliphatic rings. The van der Waals surface area contributed by atoms with Crippen LogP contribution in [0.5, 0.6) is 0 Å². The van der Waals surface area contributed by atoms with E-state index in [1.165, 1.54) is 18.3 Å². The van der Waals surface area contributed by atoms with Crippen molar-refractivity contribution < 1.29 is 28.6 Å². The molecule has 0 saturated heterocycles. The fourth-order valence-electron chi connectivity index (χ4n) is 4.22. The molecule has 3 aromatic carbocycles. The Morgan fingerprint density at radius 1 is 0.875 bits per heavy atom. The predicted molar refractivity (Wildman–Crippen MR) is 150 cm³/mol. The summed E-state index contributed by atoms with van der Waals surface area (Å²) in [5.41, 5.74) is 0.524. The first-order valence-corrected chi connectivity index (χ1v) is 12.5. The molecule has 0 atom stereocenters. The largest absolute Gasteiger partial charge is 0.478 e. The van der Waals surface area contributed by atoms with E-state index in [1.807, 2.05) is 12.1 Å². The van der Waals surface area contributed by atoms with Crippen LogP contribution in [0.2, 0.25) is 0 Å². The van der Waals surface area contributed by atoms with E-state index in [4.69, 9.17) is 8.83 Å². The number of fused-ring (bicyclic) bond motifs is 2. The lowest BCUT2D eigenvalue weighted by Gasteiger charge is -2.06. The highest BCUT2D eigenvalue weighted by molar-refractivity contribution is 9.10. The third-order valence-corrected chi connectivity index (χ3v) is 6.58. The number of carboxylic acids is 2. The van der Waals surface area contributed by atoms with Crippen LogP contribution in [-0.2, 0) is 0 Å². The van der Waals surface area contributed by atoms with Crippen molar-refractivity contribution in [2.75, 3.05) is 0 Å². The van der Waals surface area contributed by atoms with Gasteiger partial charge in [-0.2, -0.15) is 9.78 Å². The molecule has 10 nitrogen and oxygen atoms in total. The summed E-state index contributed by atoms with van der Waals surface area (Å²) < 4.78 is 13.8. The van der Waals surface area contributed by atoms with Crippen molar-refractivity contribution in [2.24, 2.45) is 5.10 Å². The maximum atomic E-state index is 13.5. The molecule has 0 radical (unpaired) electrons. The molecule has 0 fully saturated rings. The lowest BCUT2D eigenvalue weighted by molar-refractivity contribution is 0.0696. The lowest BCUT2D eigenvalue weighted by atomic mass is 10.0. The average Bonchev–Trinajstić information content (AvgIpc) is 3.59. The van der Waals surface area contributed by atoms with Gasteiger partial charge in [0.25, 0.3) is 5.56 Å². The number of hydrogen-bond acceptors (Lipinski definition) is 7. The molecule has 6 aromatic rings. The number of carbonyl (C=O) groups is 2. The third kappa shape index (κ3) is 4.58. The highest BCUT2D eigenvalue weighted by Gasteiger charge is 2.18. The average molecular weight is 598 g/mol. The van der Waals surface area contributed by atoms with E-state index in [1.54, 1.807) is 48.5 Å². The van der Waals surface area contributed by atoms with Crippen molar-refractivity contribution in [3.05, 3.63) is 111 Å². The monoisotopic (exact) mass is 597 g/mol. The maximum Gasteiger partial charge on any atom is 0.335 e. The first-order valence-electron chi connectivity index (χ1n) is 11.7. The van der Waals surface area contributed by atoms with Crippen LogP contribution in [0.15, 0.2) is 102 Å². The van der Waals surface area contributed by atoms with Crippen LogP contribution >= 0.6 is 15.9 Å². The van der Waals surface area contributed by atoms with Gasteiger partial charge in [-0.3, -0.25) is 4.79 Å². The van der Waals surface area contributed by atoms with Crippen LogP contribution in [0.3, 0.4) is 0 Å². The molecule has 3 aromatic heterocycles. The summed E-state index contributed by atoms with van der Waals surface area (Å²) in [6.07, 6.45) is 1.31. The quantitative estimate of drug-likeness (QED) is 0.218. The summed E-state index contributed by atoms with van der Waals surface area (Å²) in [4.78, 5) is 41.1. The number of carboxylic acid groups (broad SMARTS) is 2. The van der Waals surface area contributed by atoms with Crippen molar-refractivity contribution in [1.82, 2.24) is 9.66 Å². The summed E-state index contributed by atoms with van der Waals surface area (Å²) >= 11 is 3.44. The predicted octanol–water partition coefficient (Wildman–Crippen LogP) is 6.11. The Balaban J connectivity index is 1.44. The number of hydrogen-bond donors (Lipinski definition) is 2. The van der Waals surface area contributed by atoms with Gasteiger partial charge in [-0.05, 0) is 66.7 Å². The maximum absolute atomic E-state index is 13.5. The molecule has 40 heavy (non-hydrogen) atoms. The Morgan fingerprint density at radius 3 is 2.38 bits per heavy atom. The van der Waals surface area contributed by atoms with Crippen LogP contribution < -0.4 is 5.56 Å². The number of aromatic nitrogens is 2. The molecule has 2 N–H and O–H groups in total. The number of aromatic carboxylic acids is 2. The number of halogens is 1. The van der Waals surface area contributed by atoms with Gasteiger partial charge in [0.2, 0.25) is 5.82 Å². The molecule has 3 heterocycles. The van der Waals surface area contributed by atoms with Crippen molar-refractivity contribution in [1.29, 1.82) is 0 Å². The van der Waals surface area contributed by atoms with Crippen LogP contribution in [-0.4, -0.2) is 38.0 Å². The molecule has 11 heteroatoms. The van der Waals surface area contributed by atoms with Crippen LogP contribution in [0, 0.1) is 0 Å². The van der Waals surface area contributed by atoms with E-state index in [2.05, 4.69) is 26.0 Å². The second-order valence-corrected chi connectivity index (χ2v) is 9.63. The summed E-state index contributed by atoms with van der Waals surface area (Å²) in [5, 5.41) is 24.2. The van der Waals surface area contributed by atoms with Crippen LogP contribution in [0.25, 0.3) is 44.8 Å². The standard InChI is InChI=1S/C29H16BrN3O7/c30-19-5-7-24-16(12-19)13-25(40-24)26-32-22-4-2-1-3-21(22)27(34)33(26)31-14-20-6-8-23(39-20)15-9-17(28(35)36)11-18(10-15)29(37)38/h1-14H,(H,35,36)(H,37,38). The molecule has 0 aliphatic heterocycles. The third-order valence-electron chi connectivity index (χ3n) is 6.09. The summed E-state index contributed by atoms with van der Waals surface area (Å²) in [6, 6.07) is 21.0. The molecule has 196 valence electrons. The molecular formula is C29H16BrN3O7. The first-order chi connectivity index (χ1) is 19.3. The Kier molecular flexibility index (Phi) is 6.12. The van der Waals surface area contributed by atoms with Crippen molar-refractivity contribution >= 4 is 56.0 Å². The minimum Gasteiger partial charge on any atom is -0.478 e. The topological polar surface area (TPSA) is 148 Å². The van der Waals surface area contributed by atoms with Crippen molar-refractivity contribution in [3.8, 4) is 22.9 Å². The Labute approximate surface area is 232 Å². The first kappa shape index (κ1) is 25.0. The molecule has 0 saturated carbocycles. The van der Waals surface area contributed by atoms with E-state index in [9.17, 15) is 24.6 Å². The van der Waals surface area contributed by atoms with Crippen molar-refractivity contribution in [3.63, 3.8) is 0 Å². The van der Waals surface area contributed by atoms with Gasteiger partial charge in [0.15, 0.2) is 5.76 Å². The smallest absolute Gasteiger partial charge is 0.335 e. The molecule has 0 bridgehead atoms. The zero-order valence-electron chi connectivity index (χ0n) is 20.2. The highest BCUT2D eigenvalue weighted by atomic mass is 79.9. The van der Waals surface area contributed by atoms with Gasteiger partial charge in [-0.15, -0.1) is 0 Å². The Hall–Kier alpha value is -5.29. The Bertz CT molecular complexity index is 2040. The van der Waals surface area contributed by atoms with Gasteiger partial charge >= 0.3 is 11.9 Å². The molecule has 6 rings (SSSR count). The normalized spacial score (nSPS) is 11.5. The van der Waals surface area contributed by atoms with E-state index >= 15 is 0 Å². The van der Waals surface area contributed by atoms with Gasteiger partial charge in [0, 0.05) is 15.4 Å². The van der Waals surface area contributed by atoms with Crippen LogP contribution in [0.1, 0.15) is 26.5 Å². The molecule has 0 aliphatic carbocycles. The SMILES string of the molecule is O=C(O)c1cc(C(=O)O)cc(-c2ccc(C=Nn3c(-c4cc5cc(Br)ccc5o4)nc4ccccc4c3=O)o2)c1. The summed E-state index contributed by atoms with van der Waals surface area (Å²) in [7, 11) is 0. The molecular weight excluding hydrogens is 582 g/mol. The van der Waals surface area contributed by atoms with Gasteiger partial charge in [0.1, 0.15) is 17.1 Å². The second kappa shape index (κ2) is 9.79. The van der Waals surface area contributed by atoms with Crippen LogP contribution in [0.4, 0.5) is 0 Å². The van der Waals surface area contributed by atoms with E-state index in [0.29, 0.717) is 22.2 Å².